The molecule has 266 valence electrons. The lowest BCUT2D eigenvalue weighted by molar-refractivity contribution is -0.145. The second-order valence-electron chi connectivity index (χ2n) is 15.3. The summed E-state index contributed by atoms with van der Waals surface area (Å²) in [6.07, 6.45) is 1.40. The fourth-order valence-corrected chi connectivity index (χ4v) is 6.62. The molecular formula is C36H52ClN3O8. The third kappa shape index (κ3) is 9.15. The number of oxime groups is 1. The van der Waals surface area contributed by atoms with E-state index in [-0.39, 0.29) is 55.8 Å². The van der Waals surface area contributed by atoms with Gasteiger partial charge in [-0.05, 0) is 23.3 Å². The maximum absolute atomic E-state index is 14.5. The van der Waals surface area contributed by atoms with E-state index >= 15 is 0 Å². The fraction of sp³-hybridized carbons (Fsp3) is 0.667. The van der Waals surface area contributed by atoms with Gasteiger partial charge in [0, 0.05) is 49.7 Å². The number of nitrogens with zero attached hydrogens (tertiary/aromatic N) is 2. The Labute approximate surface area is 289 Å². The van der Waals surface area contributed by atoms with Crippen molar-refractivity contribution in [3.63, 3.8) is 0 Å². The Balaban J connectivity index is 2.01. The Morgan fingerprint density at radius 1 is 1.06 bits per heavy atom. The van der Waals surface area contributed by atoms with E-state index in [0.29, 0.717) is 40.6 Å². The maximum atomic E-state index is 14.5. The molecule has 1 spiro atoms. The van der Waals surface area contributed by atoms with Gasteiger partial charge in [-0.2, -0.15) is 0 Å². The number of hydrogen-bond acceptors (Lipinski definition) is 9. The molecule has 1 saturated heterocycles. The quantitative estimate of drug-likeness (QED) is 0.245. The van der Waals surface area contributed by atoms with Crippen molar-refractivity contribution < 1.29 is 38.3 Å². The molecular weight excluding hydrogens is 638 g/mol. The van der Waals surface area contributed by atoms with Gasteiger partial charge in [-0.1, -0.05) is 78.6 Å². The summed E-state index contributed by atoms with van der Waals surface area (Å²) in [7, 11) is 3.01. The molecule has 2 aliphatic rings. The van der Waals surface area contributed by atoms with Gasteiger partial charge in [0.1, 0.15) is 17.5 Å². The summed E-state index contributed by atoms with van der Waals surface area (Å²) in [5.74, 6) is -2.01. The number of likely N-dealkylation sites (tertiary alicyclic amines) is 1. The van der Waals surface area contributed by atoms with E-state index in [2.05, 4.69) is 10.5 Å². The van der Waals surface area contributed by atoms with Gasteiger partial charge in [-0.25, -0.2) is 0 Å². The predicted octanol–water partition coefficient (Wildman–Crippen LogP) is 5.71. The van der Waals surface area contributed by atoms with Gasteiger partial charge in [-0.3, -0.25) is 24.0 Å². The zero-order valence-electron chi connectivity index (χ0n) is 30.1. The van der Waals surface area contributed by atoms with Gasteiger partial charge in [-0.15, -0.1) is 0 Å². The number of benzene rings is 1. The number of ketones is 3. The highest BCUT2D eigenvalue weighted by Gasteiger charge is 2.55. The van der Waals surface area contributed by atoms with Gasteiger partial charge < -0.3 is 24.5 Å². The first kappa shape index (κ1) is 39.0. The van der Waals surface area contributed by atoms with Crippen LogP contribution in [-0.4, -0.2) is 78.2 Å². The summed E-state index contributed by atoms with van der Waals surface area (Å²) in [4.78, 5) is 74.7. The number of ether oxygens (including phenoxy) is 2. The van der Waals surface area contributed by atoms with E-state index in [9.17, 15) is 24.0 Å². The monoisotopic (exact) mass is 689 g/mol. The lowest BCUT2D eigenvalue weighted by Crippen LogP contribution is -2.57. The van der Waals surface area contributed by atoms with E-state index in [4.69, 9.17) is 25.9 Å². The van der Waals surface area contributed by atoms with Crippen molar-refractivity contribution in [1.82, 2.24) is 10.2 Å². The van der Waals surface area contributed by atoms with Gasteiger partial charge >= 0.3 is 0 Å². The first-order valence-corrected chi connectivity index (χ1v) is 17.0. The van der Waals surface area contributed by atoms with Crippen LogP contribution in [0.3, 0.4) is 0 Å². The van der Waals surface area contributed by atoms with Crippen LogP contribution in [0.1, 0.15) is 106 Å². The average Bonchev–Trinajstić information content (AvgIpc) is 3.60. The Morgan fingerprint density at radius 2 is 1.71 bits per heavy atom. The van der Waals surface area contributed by atoms with E-state index in [1.165, 1.54) is 19.1 Å². The van der Waals surface area contributed by atoms with Crippen LogP contribution in [0.25, 0.3) is 0 Å². The Hall–Kier alpha value is -3.47. The van der Waals surface area contributed by atoms with Crippen molar-refractivity contribution in [2.75, 3.05) is 20.8 Å². The minimum atomic E-state index is -1.07. The molecule has 1 fully saturated rings. The number of hydrogen-bond donors (Lipinski definition) is 1. The third-order valence-corrected chi connectivity index (χ3v) is 9.13. The molecule has 1 N–H and O–H groups in total. The number of carbonyl (C=O) groups is 5. The molecule has 0 saturated carbocycles. The second kappa shape index (κ2) is 15.4. The van der Waals surface area contributed by atoms with Gasteiger partial charge in [0.2, 0.25) is 17.6 Å². The maximum Gasteiger partial charge on any atom is 0.246 e. The minimum Gasteiger partial charge on any atom is -0.496 e. The summed E-state index contributed by atoms with van der Waals surface area (Å²) >= 11 is 6.45. The Morgan fingerprint density at radius 3 is 2.25 bits per heavy atom. The van der Waals surface area contributed by atoms with Crippen molar-refractivity contribution in [1.29, 1.82) is 0 Å². The summed E-state index contributed by atoms with van der Waals surface area (Å²) in [6, 6.07) is 1.41. The van der Waals surface area contributed by atoms with Gasteiger partial charge in [0.25, 0.3) is 0 Å². The minimum absolute atomic E-state index is 0.0173. The second-order valence-corrected chi connectivity index (χ2v) is 15.7. The highest BCUT2D eigenvalue weighted by atomic mass is 35.5. The normalized spacial score (nSPS) is 20.5. The summed E-state index contributed by atoms with van der Waals surface area (Å²) in [5, 5.41) is 7.68. The molecule has 1 aromatic carbocycles. The fourth-order valence-electron chi connectivity index (χ4n) is 6.38. The average molecular weight is 690 g/mol. The smallest absolute Gasteiger partial charge is 0.246 e. The van der Waals surface area contributed by atoms with Crippen LogP contribution >= 0.6 is 11.6 Å². The van der Waals surface area contributed by atoms with Crippen LogP contribution in [-0.2, 0) is 28.8 Å². The largest absolute Gasteiger partial charge is 0.496 e. The molecule has 48 heavy (non-hydrogen) atoms. The number of amides is 2. The number of Topliss-reactive ketones (excluding diaryl/α,β-unsaturated/α-hetero) is 3. The van der Waals surface area contributed by atoms with Crippen molar-refractivity contribution >= 4 is 46.5 Å². The molecule has 0 bridgehead atoms. The van der Waals surface area contributed by atoms with Crippen LogP contribution in [0.4, 0.5) is 0 Å². The van der Waals surface area contributed by atoms with Crippen LogP contribution in [0.5, 0.6) is 11.5 Å². The Bertz CT molecular complexity index is 1440. The molecule has 0 aromatic heterocycles. The third-order valence-electron chi connectivity index (χ3n) is 8.84. The van der Waals surface area contributed by atoms with Crippen molar-refractivity contribution in [2.24, 2.45) is 21.9 Å². The molecule has 2 aliphatic heterocycles. The molecule has 3 rings (SSSR count). The molecule has 0 unspecified atom stereocenters. The lowest BCUT2D eigenvalue weighted by Gasteiger charge is -2.36. The molecule has 2 heterocycles. The predicted molar refractivity (Wildman–Crippen MR) is 183 cm³/mol. The van der Waals surface area contributed by atoms with E-state index in [1.54, 1.807) is 19.1 Å². The highest BCUT2D eigenvalue weighted by molar-refractivity contribution is 6.38. The van der Waals surface area contributed by atoms with Crippen LogP contribution in [0, 0.1) is 16.7 Å². The summed E-state index contributed by atoms with van der Waals surface area (Å²) in [5.41, 5.74) is -0.964. The van der Waals surface area contributed by atoms with E-state index in [1.807, 2.05) is 48.5 Å². The summed E-state index contributed by atoms with van der Waals surface area (Å²) in [6.45, 7) is 14.9. The zero-order valence-corrected chi connectivity index (χ0v) is 30.8. The van der Waals surface area contributed by atoms with Gasteiger partial charge in [0.15, 0.2) is 17.2 Å². The topological polar surface area (TPSA) is 141 Å². The lowest BCUT2D eigenvalue weighted by atomic mass is 9.84. The molecule has 0 radical (unpaired) electrons. The first-order valence-electron chi connectivity index (χ1n) is 16.7. The van der Waals surface area contributed by atoms with Gasteiger partial charge in [0.05, 0.1) is 37.5 Å². The van der Waals surface area contributed by atoms with Crippen molar-refractivity contribution in [3.8, 4) is 11.5 Å². The standard InChI is InChI=1S/C36H52ClN3O8/c1-11-13-21(31(44)26(41)12-2)14-27(42)25-18-36(17-24(39-48-36)22-15-23(37)29(47-10)16-28(22)46-9)20-40(25)33(45)32(35(6,7)8)38-30(43)19-34(3,4)5/h15-16,21,25,32H,11-14,17-20H2,1-10H3,(H,38,43)/t21-,25+,32-,36-/m1/s1. The molecule has 12 heteroatoms. The number of halogens is 1. The van der Waals surface area contributed by atoms with Crippen LogP contribution in [0.2, 0.25) is 5.02 Å². The molecule has 1 aromatic rings. The van der Waals surface area contributed by atoms with Crippen LogP contribution < -0.4 is 14.8 Å². The molecule has 4 atom stereocenters. The molecule has 11 nitrogen and oxygen atoms in total. The van der Waals surface area contributed by atoms with Crippen LogP contribution in [0.15, 0.2) is 17.3 Å². The SMILES string of the molecule is CCC[C@H](CC(=O)[C@@H]1C[C@]2(CC(c3cc(Cl)c(OC)cc3OC)=NO2)CN1C(=O)[C@@H](NC(=O)CC(C)(C)C)C(C)(C)C)C(=O)C(=O)CC. The molecule has 0 aliphatic carbocycles. The number of rotatable bonds is 14. The number of nitrogens with one attached hydrogen (secondary N) is 1. The number of carbonyl (C=O) groups excluding carboxylic acids is 5. The highest BCUT2D eigenvalue weighted by Crippen LogP contribution is 2.43. The van der Waals surface area contributed by atoms with E-state index in [0.717, 1.165) is 0 Å². The zero-order chi connectivity index (χ0) is 36.2. The number of methoxy groups -OCH3 is 2. The van der Waals surface area contributed by atoms with E-state index < -0.39 is 46.5 Å². The molecule has 2 amide bonds. The van der Waals surface area contributed by atoms with Crippen molar-refractivity contribution in [3.05, 3.63) is 22.7 Å². The first-order chi connectivity index (χ1) is 22.3. The van der Waals surface area contributed by atoms with Crippen molar-refractivity contribution in [2.45, 2.75) is 118 Å². The summed E-state index contributed by atoms with van der Waals surface area (Å²) < 4.78 is 10.9. The Kier molecular flexibility index (Phi) is 12.5.